The Hall–Kier alpha value is -2.73. The molecule has 1 atom stereocenters. The van der Waals surface area contributed by atoms with E-state index in [0.29, 0.717) is 19.1 Å². The summed E-state index contributed by atoms with van der Waals surface area (Å²) in [5.74, 6) is -0.239. The molecular weight excluding hydrogens is 330 g/mol. The second kappa shape index (κ2) is 6.88. The maximum absolute atomic E-state index is 12.8. The normalized spacial score (nSPS) is 20.0. The van der Waals surface area contributed by atoms with E-state index in [1.807, 2.05) is 0 Å². The van der Waals surface area contributed by atoms with Gasteiger partial charge in [0.15, 0.2) is 0 Å². The average molecular weight is 351 g/mol. The Morgan fingerprint density at radius 1 is 1.04 bits per heavy atom. The van der Waals surface area contributed by atoms with Gasteiger partial charge in [0.05, 0.1) is 4.92 Å². The molecule has 2 aromatic rings. The molecule has 1 saturated heterocycles. The Kier molecular flexibility index (Phi) is 4.42. The molecule has 134 valence electrons. The lowest BCUT2D eigenvalue weighted by Gasteiger charge is -2.33. The number of amides is 1. The highest BCUT2D eigenvalue weighted by atomic mass is 16.6. The number of rotatable bonds is 3. The zero-order valence-corrected chi connectivity index (χ0v) is 14.5. The van der Waals surface area contributed by atoms with Crippen LogP contribution in [-0.4, -0.2) is 46.3 Å². The number of hydrogen-bond donors (Lipinski definition) is 0. The molecule has 6 heteroatoms. The predicted octanol–water partition coefficient (Wildman–Crippen LogP) is 2.87. The summed E-state index contributed by atoms with van der Waals surface area (Å²) >= 11 is 0. The van der Waals surface area contributed by atoms with Crippen LogP contribution < -0.4 is 0 Å². The zero-order chi connectivity index (χ0) is 18.1. The molecule has 0 aliphatic carbocycles. The van der Waals surface area contributed by atoms with Gasteiger partial charge < -0.3 is 4.90 Å². The Morgan fingerprint density at radius 3 is 2.58 bits per heavy atom. The molecule has 0 radical (unpaired) electrons. The first-order valence-corrected chi connectivity index (χ1v) is 8.97. The molecule has 0 spiro atoms. The molecule has 2 heterocycles. The van der Waals surface area contributed by atoms with Crippen LogP contribution in [0.5, 0.6) is 0 Å². The van der Waals surface area contributed by atoms with Crippen molar-refractivity contribution < 1.29 is 9.72 Å². The Balaban J connectivity index is 1.46. The molecule has 0 saturated carbocycles. The van der Waals surface area contributed by atoms with E-state index in [9.17, 15) is 14.9 Å². The maximum atomic E-state index is 12.8. The molecule has 0 aromatic heterocycles. The van der Waals surface area contributed by atoms with Gasteiger partial charge in [0.25, 0.3) is 11.6 Å². The number of nitrogens with zero attached hydrogens (tertiary/aromatic N) is 3. The fraction of sp³-hybridized carbons (Fsp3) is 0.350. The van der Waals surface area contributed by atoms with Crippen molar-refractivity contribution in [2.75, 3.05) is 19.6 Å². The van der Waals surface area contributed by atoms with E-state index < -0.39 is 4.92 Å². The van der Waals surface area contributed by atoms with Gasteiger partial charge in [-0.15, -0.1) is 0 Å². The molecule has 4 rings (SSSR count). The number of benzene rings is 2. The van der Waals surface area contributed by atoms with E-state index in [4.69, 9.17) is 0 Å². The fourth-order valence-corrected chi connectivity index (χ4v) is 4.04. The van der Waals surface area contributed by atoms with Crippen LogP contribution in [-0.2, 0) is 13.0 Å². The van der Waals surface area contributed by atoms with E-state index in [1.54, 1.807) is 23.1 Å². The summed E-state index contributed by atoms with van der Waals surface area (Å²) in [5.41, 5.74) is 2.84. The minimum Gasteiger partial charge on any atom is -0.337 e. The monoisotopic (exact) mass is 351 g/mol. The number of hydrogen-bond acceptors (Lipinski definition) is 4. The number of carbonyl (C=O) groups excluding carboxylic acids is 1. The Bertz CT molecular complexity index is 852. The van der Waals surface area contributed by atoms with Crippen LogP contribution in [0.4, 0.5) is 5.69 Å². The van der Waals surface area contributed by atoms with Crippen molar-refractivity contribution in [2.45, 2.75) is 25.4 Å². The maximum Gasteiger partial charge on any atom is 0.282 e. The van der Waals surface area contributed by atoms with Gasteiger partial charge in [-0.1, -0.05) is 36.4 Å². The van der Waals surface area contributed by atoms with Gasteiger partial charge in [0.2, 0.25) is 0 Å². The van der Waals surface area contributed by atoms with E-state index in [0.717, 1.165) is 25.9 Å². The summed E-state index contributed by atoms with van der Waals surface area (Å²) in [5, 5.41) is 11.2. The average Bonchev–Trinajstić information content (AvgIpc) is 3.17. The highest BCUT2D eigenvalue weighted by Gasteiger charge is 2.34. The molecule has 6 nitrogen and oxygen atoms in total. The lowest BCUT2D eigenvalue weighted by molar-refractivity contribution is -0.385. The second-order valence-corrected chi connectivity index (χ2v) is 6.96. The molecule has 26 heavy (non-hydrogen) atoms. The first kappa shape index (κ1) is 16.7. The summed E-state index contributed by atoms with van der Waals surface area (Å²) in [6, 6.07) is 15.0. The summed E-state index contributed by atoms with van der Waals surface area (Å²) in [7, 11) is 0. The molecule has 2 aliphatic rings. The third-order valence-corrected chi connectivity index (χ3v) is 5.46. The van der Waals surface area contributed by atoms with Crippen molar-refractivity contribution in [3.63, 3.8) is 0 Å². The van der Waals surface area contributed by atoms with Crippen LogP contribution in [0.1, 0.15) is 27.9 Å². The van der Waals surface area contributed by atoms with Crippen molar-refractivity contribution in [2.24, 2.45) is 0 Å². The van der Waals surface area contributed by atoms with Crippen LogP contribution in [0.2, 0.25) is 0 Å². The lowest BCUT2D eigenvalue weighted by Crippen LogP contribution is -2.41. The van der Waals surface area contributed by atoms with Crippen molar-refractivity contribution in [3.05, 3.63) is 75.3 Å². The third-order valence-electron chi connectivity index (χ3n) is 5.46. The second-order valence-electron chi connectivity index (χ2n) is 6.96. The standard InChI is InChI=1S/C20H21N3O3/c24-20(18-7-3-4-8-19(18)23(25)26)22-12-10-17(14-22)21-11-9-15-5-1-2-6-16(15)13-21/h1-8,17H,9-14H2/t17-/m1/s1. The molecule has 2 aromatic carbocycles. The van der Waals surface area contributed by atoms with Crippen LogP contribution in [0.15, 0.2) is 48.5 Å². The van der Waals surface area contributed by atoms with E-state index in [1.165, 1.54) is 17.2 Å². The minimum absolute atomic E-state index is 0.118. The van der Waals surface area contributed by atoms with Gasteiger partial charge in [-0.25, -0.2) is 0 Å². The quantitative estimate of drug-likeness (QED) is 0.630. The molecule has 2 aliphatic heterocycles. The predicted molar refractivity (Wildman–Crippen MR) is 98.0 cm³/mol. The Morgan fingerprint density at radius 2 is 1.77 bits per heavy atom. The van der Waals surface area contributed by atoms with Crippen molar-refractivity contribution in [3.8, 4) is 0 Å². The number of likely N-dealkylation sites (tertiary alicyclic amines) is 1. The number of nitro benzene ring substituents is 1. The van der Waals surface area contributed by atoms with Crippen LogP contribution in [0, 0.1) is 10.1 Å². The molecule has 0 unspecified atom stereocenters. The van der Waals surface area contributed by atoms with Crippen LogP contribution >= 0.6 is 0 Å². The first-order valence-electron chi connectivity index (χ1n) is 8.97. The largest absolute Gasteiger partial charge is 0.337 e. The highest BCUT2D eigenvalue weighted by Crippen LogP contribution is 2.27. The van der Waals surface area contributed by atoms with Crippen molar-refractivity contribution in [1.29, 1.82) is 0 Å². The van der Waals surface area contributed by atoms with E-state index >= 15 is 0 Å². The number of fused-ring (bicyclic) bond motifs is 1. The smallest absolute Gasteiger partial charge is 0.282 e. The van der Waals surface area contributed by atoms with Gasteiger partial charge in [-0.3, -0.25) is 19.8 Å². The van der Waals surface area contributed by atoms with Crippen LogP contribution in [0.25, 0.3) is 0 Å². The van der Waals surface area contributed by atoms with Gasteiger partial charge >= 0.3 is 0 Å². The van der Waals surface area contributed by atoms with Crippen molar-refractivity contribution in [1.82, 2.24) is 9.80 Å². The Labute approximate surface area is 152 Å². The lowest BCUT2D eigenvalue weighted by atomic mass is 9.98. The van der Waals surface area contributed by atoms with Gasteiger partial charge in [-0.2, -0.15) is 0 Å². The highest BCUT2D eigenvalue weighted by molar-refractivity contribution is 5.98. The number of para-hydroxylation sites is 1. The zero-order valence-electron chi connectivity index (χ0n) is 14.5. The van der Waals surface area contributed by atoms with Crippen molar-refractivity contribution >= 4 is 11.6 Å². The number of nitro groups is 1. The molecular formula is C20H21N3O3. The van der Waals surface area contributed by atoms with Crippen LogP contribution in [0.3, 0.4) is 0 Å². The molecule has 0 bridgehead atoms. The van der Waals surface area contributed by atoms with E-state index in [-0.39, 0.29) is 17.2 Å². The van der Waals surface area contributed by atoms with Gasteiger partial charge in [0.1, 0.15) is 5.56 Å². The first-order chi connectivity index (χ1) is 12.6. The molecule has 0 N–H and O–H groups in total. The topological polar surface area (TPSA) is 66.7 Å². The van der Waals surface area contributed by atoms with Gasteiger partial charge in [-0.05, 0) is 30.0 Å². The summed E-state index contributed by atoms with van der Waals surface area (Å²) < 4.78 is 0. The van der Waals surface area contributed by atoms with E-state index in [2.05, 4.69) is 29.2 Å². The SMILES string of the molecule is O=C(c1ccccc1[N+](=O)[O-])N1CC[C@@H](N2CCc3ccccc3C2)C1. The van der Waals surface area contributed by atoms with Gasteiger partial charge in [0, 0.05) is 38.3 Å². The number of carbonyl (C=O) groups is 1. The fourth-order valence-electron chi connectivity index (χ4n) is 4.04. The summed E-state index contributed by atoms with van der Waals surface area (Å²) in [6.07, 6.45) is 1.94. The molecule has 1 fully saturated rings. The summed E-state index contributed by atoms with van der Waals surface area (Å²) in [4.78, 5) is 27.7. The molecule has 1 amide bonds. The minimum atomic E-state index is -0.484. The third kappa shape index (κ3) is 3.08. The summed E-state index contributed by atoms with van der Waals surface area (Å²) in [6.45, 7) is 3.18.